The third-order valence-electron chi connectivity index (χ3n) is 3.88. The van der Waals surface area contributed by atoms with Crippen LogP contribution in [-0.4, -0.2) is 29.3 Å². The molecule has 0 aromatic rings. The van der Waals surface area contributed by atoms with E-state index in [2.05, 4.69) is 46.6 Å². The molecule has 0 aromatic heterocycles. The van der Waals surface area contributed by atoms with Gasteiger partial charge in [-0.1, -0.05) is 6.92 Å². The van der Waals surface area contributed by atoms with Crippen LogP contribution in [0.1, 0.15) is 61.3 Å². The topological polar surface area (TPSA) is 20.3 Å². The molecule has 1 rings (SSSR count). The minimum absolute atomic E-state index is 0. The summed E-state index contributed by atoms with van der Waals surface area (Å²) in [7, 11) is 2.24. The number of allylic oxidation sites excluding steroid dienone is 2. The van der Waals surface area contributed by atoms with E-state index in [9.17, 15) is 4.79 Å². The van der Waals surface area contributed by atoms with Crippen LogP contribution >= 0.6 is 0 Å². The molecule has 0 unspecified atom stereocenters. The smallest absolute Gasteiger partial charge is 0.419 e. The molecule has 0 bridgehead atoms. The molecule has 1 fully saturated rings. The minimum Gasteiger partial charge on any atom is -0.419 e. The number of rotatable bonds is 1. The summed E-state index contributed by atoms with van der Waals surface area (Å²) in [6, 6.07) is 0. The van der Waals surface area contributed by atoms with Gasteiger partial charge in [0.25, 0.3) is 0 Å². The van der Waals surface area contributed by atoms with Gasteiger partial charge in [-0.2, -0.15) is 25.3 Å². The second-order valence-electron chi connectivity index (χ2n) is 6.57. The SMILES string of the molecule is C/C=C(\C)[C-]=O.C[C-]1CC(C)(C)N(C)C(C)(C)C1.[Y+3]. The molecule has 3 heteroatoms. The zero-order chi connectivity index (χ0) is 14.6. The van der Waals surface area contributed by atoms with Crippen molar-refractivity contribution in [3.05, 3.63) is 17.6 Å². The minimum atomic E-state index is 0. The molecule has 0 aromatic carbocycles. The van der Waals surface area contributed by atoms with Crippen LogP contribution in [0.5, 0.6) is 0 Å². The van der Waals surface area contributed by atoms with Crippen molar-refractivity contribution in [2.75, 3.05) is 7.05 Å². The van der Waals surface area contributed by atoms with Gasteiger partial charge in [0.05, 0.1) is 0 Å². The molecule has 0 amide bonds. The van der Waals surface area contributed by atoms with Crippen molar-refractivity contribution in [1.82, 2.24) is 4.90 Å². The second kappa shape index (κ2) is 8.69. The largest absolute Gasteiger partial charge is 3.00 e. The van der Waals surface area contributed by atoms with Crippen molar-refractivity contribution < 1.29 is 37.5 Å². The summed E-state index contributed by atoms with van der Waals surface area (Å²) in [4.78, 5) is 12.0. The molecule has 1 aliphatic rings. The predicted octanol–water partition coefficient (Wildman–Crippen LogP) is 3.92. The Labute approximate surface area is 145 Å². The number of hydrogen-bond donors (Lipinski definition) is 0. The van der Waals surface area contributed by atoms with Gasteiger partial charge in [0, 0.05) is 0 Å². The van der Waals surface area contributed by atoms with E-state index in [1.165, 1.54) is 12.8 Å². The number of hydrogen-bond acceptors (Lipinski definition) is 2. The van der Waals surface area contributed by atoms with Gasteiger partial charge in [0.2, 0.25) is 0 Å². The van der Waals surface area contributed by atoms with E-state index in [4.69, 9.17) is 0 Å². The summed E-state index contributed by atoms with van der Waals surface area (Å²) in [6.07, 6.45) is 5.93. The molecule has 106 valence electrons. The number of piperidine rings is 1. The van der Waals surface area contributed by atoms with Gasteiger partial charge < -0.3 is 15.6 Å². The molecule has 1 saturated heterocycles. The molecule has 1 heterocycles. The Bertz CT molecular complexity index is 290. The van der Waals surface area contributed by atoms with E-state index in [1.807, 2.05) is 0 Å². The maximum absolute atomic E-state index is 9.54. The third kappa shape index (κ3) is 7.15. The van der Waals surface area contributed by atoms with Crippen molar-refractivity contribution in [3.8, 4) is 0 Å². The van der Waals surface area contributed by atoms with E-state index >= 15 is 0 Å². The maximum atomic E-state index is 9.54. The van der Waals surface area contributed by atoms with Crippen molar-refractivity contribution in [2.24, 2.45) is 0 Å². The Kier molecular flexibility index (Phi) is 9.96. The monoisotopic (exact) mass is 340 g/mol. The summed E-state index contributed by atoms with van der Waals surface area (Å²) in [5.74, 6) is 1.64. The number of likely N-dealkylation sites (tertiary alicyclic amines) is 1. The van der Waals surface area contributed by atoms with Gasteiger partial charge >= 0.3 is 32.7 Å². The van der Waals surface area contributed by atoms with Crippen molar-refractivity contribution in [1.29, 1.82) is 0 Å². The molecule has 0 radical (unpaired) electrons. The van der Waals surface area contributed by atoms with E-state index in [1.54, 1.807) is 32.1 Å². The van der Waals surface area contributed by atoms with E-state index in [0.29, 0.717) is 16.7 Å². The van der Waals surface area contributed by atoms with E-state index < -0.39 is 0 Å². The molecule has 0 spiro atoms. The Morgan fingerprint density at radius 3 is 1.79 bits per heavy atom. The third-order valence-corrected chi connectivity index (χ3v) is 3.88. The first-order valence-corrected chi connectivity index (χ1v) is 6.63. The van der Waals surface area contributed by atoms with E-state index in [0.717, 1.165) is 0 Å². The first-order chi connectivity index (χ1) is 8.06. The Hall–Kier alpha value is 0.474. The van der Waals surface area contributed by atoms with Gasteiger partial charge in [0.1, 0.15) is 0 Å². The Morgan fingerprint density at radius 2 is 1.58 bits per heavy atom. The summed E-state index contributed by atoms with van der Waals surface area (Å²) in [5, 5.41) is 0. The van der Waals surface area contributed by atoms with Crippen LogP contribution in [0.3, 0.4) is 0 Å². The first-order valence-electron chi connectivity index (χ1n) is 6.63. The molecular weight excluding hydrogens is 311 g/mol. The fourth-order valence-electron chi connectivity index (χ4n) is 2.65. The molecule has 19 heavy (non-hydrogen) atoms. The van der Waals surface area contributed by atoms with Gasteiger partial charge in [-0.05, 0) is 52.1 Å². The first kappa shape index (κ1) is 21.8. The van der Waals surface area contributed by atoms with Crippen molar-refractivity contribution in [3.63, 3.8) is 0 Å². The van der Waals surface area contributed by atoms with E-state index in [-0.39, 0.29) is 32.7 Å². The molecule has 0 N–H and O–H groups in total. The predicted molar refractivity (Wildman–Crippen MR) is 79.2 cm³/mol. The fraction of sp³-hybridized carbons (Fsp3) is 0.750. The van der Waals surface area contributed by atoms with Crippen LogP contribution < -0.4 is 0 Å². The quantitative estimate of drug-likeness (QED) is 0.533. The van der Waals surface area contributed by atoms with Gasteiger partial charge in [-0.3, -0.25) is 0 Å². The zero-order valence-electron chi connectivity index (χ0n) is 13.9. The van der Waals surface area contributed by atoms with Gasteiger partial charge in [-0.25, -0.2) is 6.08 Å². The second-order valence-corrected chi connectivity index (χ2v) is 6.57. The van der Waals surface area contributed by atoms with Gasteiger partial charge in [-0.15, -0.1) is 6.92 Å². The molecule has 2 nitrogen and oxygen atoms in total. The molecule has 0 aliphatic carbocycles. The Morgan fingerprint density at radius 1 is 1.21 bits per heavy atom. The summed E-state index contributed by atoms with van der Waals surface area (Å²) in [6.45, 7) is 15.1. The Balaban J connectivity index is 0. The summed E-state index contributed by atoms with van der Waals surface area (Å²) >= 11 is 0. The number of carbonyl (C=O) groups excluding carboxylic acids is 1. The average Bonchev–Trinajstić information content (AvgIpc) is 2.24. The van der Waals surface area contributed by atoms with Crippen LogP contribution in [0.4, 0.5) is 0 Å². The standard InChI is InChI=1S/C11H22N.C5H7O.Y/c1-9-7-10(2,3)12(6)11(4,5)8-9;1-3-5(2)4-6;/h7-8H2,1-6H3;3H,1-2H3;/q2*-1;+3/b;5-3+;. The molecular formula is C16H29NOY+. The summed E-state index contributed by atoms with van der Waals surface area (Å²) < 4.78 is 0. The number of nitrogens with zero attached hydrogens (tertiary/aromatic N) is 1. The fourth-order valence-corrected chi connectivity index (χ4v) is 2.65. The van der Waals surface area contributed by atoms with Crippen LogP contribution in [0.15, 0.2) is 11.6 Å². The molecule has 0 atom stereocenters. The van der Waals surface area contributed by atoms with Gasteiger partial charge in [0.15, 0.2) is 0 Å². The normalized spacial score (nSPS) is 22.8. The summed E-state index contributed by atoms with van der Waals surface area (Å²) in [5.41, 5.74) is 1.34. The van der Waals surface area contributed by atoms with Crippen LogP contribution in [0.2, 0.25) is 0 Å². The van der Waals surface area contributed by atoms with Crippen molar-refractivity contribution in [2.45, 2.75) is 72.4 Å². The molecule has 0 saturated carbocycles. The average molecular weight is 340 g/mol. The van der Waals surface area contributed by atoms with Crippen LogP contribution in [-0.2, 0) is 37.5 Å². The maximum Gasteiger partial charge on any atom is 3.00 e. The zero-order valence-corrected chi connectivity index (χ0v) is 16.8. The van der Waals surface area contributed by atoms with Crippen LogP contribution in [0, 0.1) is 5.92 Å². The van der Waals surface area contributed by atoms with Crippen molar-refractivity contribution >= 4 is 6.29 Å². The molecule has 1 aliphatic heterocycles. The van der Waals surface area contributed by atoms with Crippen LogP contribution in [0.25, 0.3) is 0 Å².